The molecule has 1 aromatic rings. The first-order valence-electron chi connectivity index (χ1n) is 5.19. The van der Waals surface area contributed by atoms with Crippen LogP contribution >= 0.6 is 31.9 Å². The number of hydrogen-bond acceptors (Lipinski definition) is 1. The van der Waals surface area contributed by atoms with Crippen molar-refractivity contribution in [3.63, 3.8) is 0 Å². The Bertz CT molecular complexity index is 325. The Labute approximate surface area is 108 Å². The van der Waals surface area contributed by atoms with Crippen LogP contribution in [0.25, 0.3) is 0 Å². The summed E-state index contributed by atoms with van der Waals surface area (Å²) < 4.78 is 2.00. The summed E-state index contributed by atoms with van der Waals surface area (Å²) in [6.07, 6.45) is 1.79. The number of hydrogen-bond donors (Lipinski definition) is 1. The Morgan fingerprint density at radius 2 is 1.93 bits per heavy atom. The Balaban J connectivity index is 2.81. The van der Waals surface area contributed by atoms with Crippen LogP contribution in [0.5, 0.6) is 0 Å². The third-order valence-corrected chi connectivity index (χ3v) is 4.45. The van der Waals surface area contributed by atoms with Crippen molar-refractivity contribution >= 4 is 31.9 Å². The molecule has 3 heteroatoms. The molecule has 0 bridgehead atoms. The largest absolute Gasteiger partial charge is 0.388 e. The van der Waals surface area contributed by atoms with Crippen molar-refractivity contribution in [1.82, 2.24) is 0 Å². The first kappa shape index (κ1) is 13.2. The summed E-state index contributed by atoms with van der Waals surface area (Å²) >= 11 is 6.86. The van der Waals surface area contributed by atoms with Crippen molar-refractivity contribution in [3.05, 3.63) is 32.7 Å². The number of rotatable bonds is 4. The van der Waals surface area contributed by atoms with Gasteiger partial charge < -0.3 is 5.11 Å². The summed E-state index contributed by atoms with van der Waals surface area (Å²) in [6, 6.07) is 5.90. The van der Waals surface area contributed by atoms with E-state index in [9.17, 15) is 5.11 Å². The molecular formula is C12H16Br2O. The highest BCUT2D eigenvalue weighted by Crippen LogP contribution is 2.30. The Kier molecular flexibility index (Phi) is 5.30. The smallest absolute Gasteiger partial charge is 0.0815 e. The molecule has 0 aromatic heterocycles. The van der Waals surface area contributed by atoms with E-state index in [1.165, 1.54) is 0 Å². The molecule has 0 saturated carbocycles. The Hall–Kier alpha value is 0.140. The van der Waals surface area contributed by atoms with Gasteiger partial charge in [-0.15, -0.1) is 0 Å². The van der Waals surface area contributed by atoms with Gasteiger partial charge in [-0.2, -0.15) is 0 Å². The fraction of sp³-hybridized carbons (Fsp3) is 0.500. The molecule has 1 rings (SSSR count). The molecule has 0 aliphatic carbocycles. The molecule has 0 spiro atoms. The summed E-state index contributed by atoms with van der Waals surface area (Å²) in [5.41, 5.74) is 0.978. The topological polar surface area (TPSA) is 20.2 Å². The van der Waals surface area contributed by atoms with E-state index in [4.69, 9.17) is 0 Å². The van der Waals surface area contributed by atoms with Gasteiger partial charge in [-0.1, -0.05) is 26.3 Å². The Morgan fingerprint density at radius 3 is 2.47 bits per heavy atom. The minimum atomic E-state index is -0.366. The first-order chi connectivity index (χ1) is 7.06. The molecule has 84 valence electrons. The minimum absolute atomic E-state index is 0.308. The summed E-state index contributed by atoms with van der Waals surface area (Å²) in [5.74, 6) is 0.308. The lowest BCUT2D eigenvalue weighted by atomic mass is 9.94. The van der Waals surface area contributed by atoms with Crippen LogP contribution in [-0.4, -0.2) is 5.11 Å². The van der Waals surface area contributed by atoms with Crippen molar-refractivity contribution < 1.29 is 5.11 Å². The van der Waals surface area contributed by atoms with Gasteiger partial charge in [0.05, 0.1) is 6.10 Å². The third kappa shape index (κ3) is 3.58. The highest BCUT2D eigenvalue weighted by molar-refractivity contribution is 9.13. The second kappa shape index (κ2) is 6.02. The highest BCUT2D eigenvalue weighted by Gasteiger charge is 2.16. The van der Waals surface area contributed by atoms with Crippen molar-refractivity contribution in [2.24, 2.45) is 5.92 Å². The van der Waals surface area contributed by atoms with Gasteiger partial charge in [0.1, 0.15) is 0 Å². The van der Waals surface area contributed by atoms with Gasteiger partial charge >= 0.3 is 0 Å². The first-order valence-corrected chi connectivity index (χ1v) is 6.77. The van der Waals surface area contributed by atoms with Crippen LogP contribution in [0.1, 0.15) is 38.4 Å². The zero-order valence-electron chi connectivity index (χ0n) is 9.00. The average molecular weight is 336 g/mol. The van der Waals surface area contributed by atoms with Crippen LogP contribution in [0.2, 0.25) is 0 Å². The van der Waals surface area contributed by atoms with E-state index in [0.29, 0.717) is 5.92 Å². The summed E-state index contributed by atoms with van der Waals surface area (Å²) in [5, 5.41) is 10.1. The zero-order valence-corrected chi connectivity index (χ0v) is 12.2. The number of benzene rings is 1. The molecule has 1 aromatic carbocycles. The van der Waals surface area contributed by atoms with Crippen LogP contribution in [0.4, 0.5) is 0 Å². The maximum atomic E-state index is 10.1. The Morgan fingerprint density at radius 1 is 1.27 bits per heavy atom. The van der Waals surface area contributed by atoms with E-state index in [2.05, 4.69) is 45.7 Å². The molecule has 0 fully saturated rings. The van der Waals surface area contributed by atoms with Gasteiger partial charge in [0, 0.05) is 8.95 Å². The average Bonchev–Trinajstić information content (AvgIpc) is 2.21. The van der Waals surface area contributed by atoms with Gasteiger partial charge in [0.25, 0.3) is 0 Å². The van der Waals surface area contributed by atoms with E-state index in [1.54, 1.807) is 0 Å². The van der Waals surface area contributed by atoms with Crippen LogP contribution in [-0.2, 0) is 0 Å². The second-order valence-electron chi connectivity index (χ2n) is 3.88. The van der Waals surface area contributed by atoms with E-state index >= 15 is 0 Å². The minimum Gasteiger partial charge on any atom is -0.388 e. The van der Waals surface area contributed by atoms with Crippen LogP contribution in [0.15, 0.2) is 27.1 Å². The molecule has 15 heavy (non-hydrogen) atoms. The van der Waals surface area contributed by atoms with E-state index in [-0.39, 0.29) is 6.10 Å². The van der Waals surface area contributed by atoms with Crippen LogP contribution in [0, 0.1) is 5.92 Å². The van der Waals surface area contributed by atoms with E-state index < -0.39 is 0 Å². The van der Waals surface area contributed by atoms with Gasteiger partial charge in [-0.25, -0.2) is 0 Å². The number of aliphatic hydroxyl groups excluding tert-OH is 1. The maximum absolute atomic E-state index is 10.1. The van der Waals surface area contributed by atoms with Crippen molar-refractivity contribution in [2.45, 2.75) is 32.8 Å². The van der Waals surface area contributed by atoms with Gasteiger partial charge in [-0.3, -0.25) is 0 Å². The maximum Gasteiger partial charge on any atom is 0.0815 e. The second-order valence-corrected chi connectivity index (χ2v) is 5.59. The summed E-state index contributed by atoms with van der Waals surface area (Å²) in [4.78, 5) is 0. The predicted octanol–water partition coefficient (Wildman–Crippen LogP) is 4.68. The van der Waals surface area contributed by atoms with E-state index in [0.717, 1.165) is 27.4 Å². The van der Waals surface area contributed by atoms with Crippen molar-refractivity contribution in [1.29, 1.82) is 0 Å². The molecule has 0 saturated heterocycles. The lowest BCUT2D eigenvalue weighted by Gasteiger charge is -2.19. The lowest BCUT2D eigenvalue weighted by Crippen LogP contribution is -2.08. The lowest BCUT2D eigenvalue weighted by molar-refractivity contribution is 0.112. The quantitative estimate of drug-likeness (QED) is 0.846. The normalized spacial score (nSPS) is 15.0. The molecule has 0 amide bonds. The zero-order chi connectivity index (χ0) is 11.4. The van der Waals surface area contributed by atoms with Gasteiger partial charge in [-0.05, 0) is 61.9 Å². The molecule has 0 radical (unpaired) electrons. The van der Waals surface area contributed by atoms with Gasteiger partial charge in [0.15, 0.2) is 0 Å². The number of aliphatic hydroxyl groups is 1. The van der Waals surface area contributed by atoms with E-state index in [1.807, 2.05) is 18.2 Å². The summed E-state index contributed by atoms with van der Waals surface area (Å²) in [6.45, 7) is 4.23. The molecule has 2 unspecified atom stereocenters. The summed E-state index contributed by atoms with van der Waals surface area (Å²) in [7, 11) is 0. The predicted molar refractivity (Wildman–Crippen MR) is 70.9 cm³/mol. The fourth-order valence-corrected chi connectivity index (χ4v) is 2.28. The molecule has 0 aliphatic rings. The fourth-order valence-electron chi connectivity index (χ4n) is 1.64. The van der Waals surface area contributed by atoms with Gasteiger partial charge in [0.2, 0.25) is 0 Å². The highest BCUT2D eigenvalue weighted by atomic mass is 79.9. The molecule has 0 heterocycles. The van der Waals surface area contributed by atoms with Crippen molar-refractivity contribution in [2.75, 3.05) is 0 Å². The molecule has 0 aliphatic heterocycles. The molecule has 2 atom stereocenters. The monoisotopic (exact) mass is 334 g/mol. The molecular weight excluding hydrogens is 320 g/mol. The third-order valence-electron chi connectivity index (χ3n) is 2.57. The van der Waals surface area contributed by atoms with Crippen molar-refractivity contribution in [3.8, 4) is 0 Å². The van der Waals surface area contributed by atoms with Crippen LogP contribution < -0.4 is 0 Å². The van der Waals surface area contributed by atoms with Crippen LogP contribution in [0.3, 0.4) is 0 Å². The standard InChI is InChI=1S/C12H16Br2O/c1-3-4-8(2)12(15)9-5-6-10(13)11(14)7-9/h5-8,12,15H,3-4H2,1-2H3. The molecule has 1 nitrogen and oxygen atoms in total. The number of halogens is 2. The SMILES string of the molecule is CCCC(C)C(O)c1ccc(Br)c(Br)c1. The molecule has 1 N–H and O–H groups in total.